The molecule has 1 fully saturated rings. The molecular weight excluding hydrogens is 396 g/mol. The van der Waals surface area contributed by atoms with Crippen molar-refractivity contribution in [2.75, 3.05) is 6.54 Å². The molecule has 170 valence electrons. The topological polar surface area (TPSA) is 51.1 Å². The van der Waals surface area contributed by atoms with Gasteiger partial charge in [0.05, 0.1) is 17.5 Å². The number of rotatable bonds is 7. The summed E-state index contributed by atoms with van der Waals surface area (Å²) in [6, 6.07) is 17.9. The number of nitrogens with zero attached hydrogens (tertiary/aromatic N) is 2. The van der Waals surface area contributed by atoms with Crippen LogP contribution in [0.4, 0.5) is 0 Å². The monoisotopic (exact) mass is 432 g/mol. The lowest BCUT2D eigenvalue weighted by molar-refractivity contribution is 0.238. The average molecular weight is 433 g/mol. The number of ether oxygens (including phenoxy) is 1. The second-order valence-electron chi connectivity index (χ2n) is 9.14. The maximum Gasteiger partial charge on any atom is 0.124 e. The first-order valence-electron chi connectivity index (χ1n) is 11.8. The van der Waals surface area contributed by atoms with Gasteiger partial charge in [-0.15, -0.1) is 0 Å². The summed E-state index contributed by atoms with van der Waals surface area (Å²) in [6.07, 6.45) is 2.47. The first kappa shape index (κ1) is 22.6. The van der Waals surface area contributed by atoms with Crippen LogP contribution >= 0.6 is 0 Å². The molecule has 1 aliphatic heterocycles. The van der Waals surface area contributed by atoms with Crippen molar-refractivity contribution in [2.45, 2.75) is 72.2 Å². The lowest BCUT2D eigenvalue weighted by atomic mass is 9.92. The van der Waals surface area contributed by atoms with Crippen LogP contribution < -0.4 is 15.4 Å². The molecule has 0 spiro atoms. The molecule has 2 aromatic carbocycles. The van der Waals surface area contributed by atoms with Gasteiger partial charge in [0.15, 0.2) is 0 Å². The second kappa shape index (κ2) is 9.88. The highest BCUT2D eigenvalue weighted by Gasteiger charge is 2.26. The smallest absolute Gasteiger partial charge is 0.124 e. The first-order chi connectivity index (χ1) is 15.4. The predicted octanol–water partition coefficient (Wildman–Crippen LogP) is 5.17. The van der Waals surface area contributed by atoms with Crippen molar-refractivity contribution in [1.82, 2.24) is 20.4 Å². The number of aromatic nitrogens is 2. The standard InChI is InChI=1S/C27H36N4O/c1-18(2)32-26-14-13-24(31-21(5)19(3)20(4)30-31)16-23(26)17-29-25-12-9-15-28-27(25)22-10-7-6-8-11-22/h6-8,10-11,13-14,16,18,25,27-29H,9,12,15,17H2,1-5H3. The van der Waals surface area contributed by atoms with Gasteiger partial charge in [0, 0.05) is 29.9 Å². The molecule has 0 amide bonds. The van der Waals surface area contributed by atoms with Gasteiger partial charge >= 0.3 is 0 Å². The van der Waals surface area contributed by atoms with Gasteiger partial charge in [-0.05, 0) is 83.3 Å². The van der Waals surface area contributed by atoms with E-state index < -0.39 is 0 Å². The molecule has 1 aromatic heterocycles. The van der Waals surface area contributed by atoms with E-state index in [0.717, 1.165) is 36.6 Å². The Hall–Kier alpha value is -2.63. The van der Waals surface area contributed by atoms with Gasteiger partial charge in [-0.3, -0.25) is 0 Å². The molecule has 1 aliphatic rings. The summed E-state index contributed by atoms with van der Waals surface area (Å²) >= 11 is 0. The predicted molar refractivity (Wildman–Crippen MR) is 131 cm³/mol. The van der Waals surface area contributed by atoms with Crippen LogP contribution in [0, 0.1) is 20.8 Å². The zero-order valence-electron chi connectivity index (χ0n) is 20.0. The Balaban J connectivity index is 1.60. The minimum atomic E-state index is 0.129. The Morgan fingerprint density at radius 1 is 1.12 bits per heavy atom. The van der Waals surface area contributed by atoms with Crippen LogP contribution in [-0.4, -0.2) is 28.5 Å². The maximum absolute atomic E-state index is 6.16. The summed E-state index contributed by atoms with van der Waals surface area (Å²) in [7, 11) is 0. The molecule has 2 unspecified atom stereocenters. The molecule has 0 radical (unpaired) electrons. The molecule has 3 aromatic rings. The first-order valence-corrected chi connectivity index (χ1v) is 11.8. The van der Waals surface area contributed by atoms with Crippen LogP contribution in [0.2, 0.25) is 0 Å². The molecule has 32 heavy (non-hydrogen) atoms. The third-order valence-electron chi connectivity index (χ3n) is 6.48. The fourth-order valence-corrected chi connectivity index (χ4v) is 4.54. The highest BCUT2D eigenvalue weighted by molar-refractivity contribution is 5.46. The van der Waals surface area contributed by atoms with Crippen molar-refractivity contribution in [1.29, 1.82) is 0 Å². The molecule has 4 rings (SSSR count). The second-order valence-corrected chi connectivity index (χ2v) is 9.14. The molecule has 0 saturated carbocycles. The van der Waals surface area contributed by atoms with Crippen LogP contribution in [0.1, 0.15) is 60.8 Å². The fourth-order valence-electron chi connectivity index (χ4n) is 4.54. The van der Waals surface area contributed by atoms with Crippen LogP contribution in [0.15, 0.2) is 48.5 Å². The van der Waals surface area contributed by atoms with Crippen LogP contribution in [0.5, 0.6) is 5.75 Å². The van der Waals surface area contributed by atoms with Crippen molar-refractivity contribution in [2.24, 2.45) is 0 Å². The van der Waals surface area contributed by atoms with Gasteiger partial charge in [0.25, 0.3) is 0 Å². The van der Waals surface area contributed by atoms with Crippen molar-refractivity contribution >= 4 is 0 Å². The Kier molecular flexibility index (Phi) is 6.97. The van der Waals surface area contributed by atoms with E-state index in [4.69, 9.17) is 9.84 Å². The van der Waals surface area contributed by atoms with E-state index in [1.54, 1.807) is 0 Å². The van der Waals surface area contributed by atoms with Gasteiger partial charge < -0.3 is 15.4 Å². The van der Waals surface area contributed by atoms with E-state index in [9.17, 15) is 0 Å². The molecule has 2 heterocycles. The number of hydrogen-bond acceptors (Lipinski definition) is 4. The van der Waals surface area contributed by atoms with Gasteiger partial charge in [0.1, 0.15) is 5.75 Å². The van der Waals surface area contributed by atoms with Gasteiger partial charge in [0.2, 0.25) is 0 Å². The van der Waals surface area contributed by atoms with Gasteiger partial charge in [-0.25, -0.2) is 4.68 Å². The van der Waals surface area contributed by atoms with E-state index in [1.165, 1.54) is 28.8 Å². The van der Waals surface area contributed by atoms with Gasteiger partial charge in [-0.1, -0.05) is 30.3 Å². The van der Waals surface area contributed by atoms with E-state index in [-0.39, 0.29) is 6.10 Å². The number of piperidine rings is 1. The average Bonchev–Trinajstić information content (AvgIpc) is 3.06. The lowest BCUT2D eigenvalue weighted by Crippen LogP contribution is -2.45. The lowest BCUT2D eigenvalue weighted by Gasteiger charge is -2.34. The Bertz CT molecular complexity index is 1040. The summed E-state index contributed by atoms with van der Waals surface area (Å²) in [5.74, 6) is 0.939. The molecular formula is C27H36N4O. The highest BCUT2D eigenvalue weighted by atomic mass is 16.5. The van der Waals surface area contributed by atoms with E-state index in [2.05, 4.69) is 93.8 Å². The number of hydrogen-bond donors (Lipinski definition) is 2. The molecule has 0 aliphatic carbocycles. The van der Waals surface area contributed by atoms with E-state index in [0.29, 0.717) is 12.1 Å². The van der Waals surface area contributed by atoms with Crippen molar-refractivity contribution in [3.8, 4) is 11.4 Å². The largest absolute Gasteiger partial charge is 0.491 e. The minimum absolute atomic E-state index is 0.129. The summed E-state index contributed by atoms with van der Waals surface area (Å²) in [4.78, 5) is 0. The third kappa shape index (κ3) is 4.89. The molecule has 2 atom stereocenters. The highest BCUT2D eigenvalue weighted by Crippen LogP contribution is 2.28. The SMILES string of the molecule is Cc1nn(-c2ccc(OC(C)C)c(CNC3CCCNC3c3ccccc3)c2)c(C)c1C. The van der Waals surface area contributed by atoms with Crippen LogP contribution in [-0.2, 0) is 6.54 Å². The number of benzene rings is 2. The Morgan fingerprint density at radius 2 is 1.91 bits per heavy atom. The molecule has 0 bridgehead atoms. The number of aryl methyl sites for hydroxylation is 1. The normalized spacial score (nSPS) is 18.8. The Labute approximate surface area is 192 Å². The molecule has 1 saturated heterocycles. The van der Waals surface area contributed by atoms with Crippen molar-refractivity contribution in [3.63, 3.8) is 0 Å². The fraction of sp³-hybridized carbons (Fsp3) is 0.444. The molecule has 5 heteroatoms. The van der Waals surface area contributed by atoms with E-state index in [1.807, 2.05) is 4.68 Å². The van der Waals surface area contributed by atoms with Gasteiger partial charge in [-0.2, -0.15) is 5.10 Å². The van der Waals surface area contributed by atoms with Crippen LogP contribution in [0.3, 0.4) is 0 Å². The van der Waals surface area contributed by atoms with Crippen molar-refractivity contribution < 1.29 is 4.74 Å². The summed E-state index contributed by atoms with van der Waals surface area (Å²) in [6.45, 7) is 12.3. The van der Waals surface area contributed by atoms with E-state index >= 15 is 0 Å². The zero-order valence-corrected chi connectivity index (χ0v) is 20.0. The quantitative estimate of drug-likeness (QED) is 0.541. The molecule has 2 N–H and O–H groups in total. The zero-order chi connectivity index (χ0) is 22.7. The maximum atomic E-state index is 6.16. The number of nitrogens with one attached hydrogen (secondary N) is 2. The third-order valence-corrected chi connectivity index (χ3v) is 6.48. The Morgan fingerprint density at radius 3 is 2.59 bits per heavy atom. The minimum Gasteiger partial charge on any atom is -0.491 e. The van der Waals surface area contributed by atoms with Crippen molar-refractivity contribution in [3.05, 3.63) is 76.6 Å². The molecule has 5 nitrogen and oxygen atoms in total. The van der Waals surface area contributed by atoms with Crippen LogP contribution in [0.25, 0.3) is 5.69 Å². The summed E-state index contributed by atoms with van der Waals surface area (Å²) in [5, 5.41) is 12.3. The summed E-state index contributed by atoms with van der Waals surface area (Å²) in [5.41, 5.74) is 7.08. The summed E-state index contributed by atoms with van der Waals surface area (Å²) < 4.78 is 8.21.